The lowest BCUT2D eigenvalue weighted by Crippen LogP contribution is -2.49. The Morgan fingerprint density at radius 1 is 1.16 bits per heavy atom. The van der Waals surface area contributed by atoms with Crippen LogP contribution < -0.4 is 5.32 Å². The number of carbonyl (C=O) groups excluding carboxylic acids is 2. The first-order chi connectivity index (χ1) is 11.6. The van der Waals surface area contributed by atoms with E-state index in [2.05, 4.69) is 51.2 Å². The van der Waals surface area contributed by atoms with Gasteiger partial charge in [-0.05, 0) is 43.7 Å². The van der Waals surface area contributed by atoms with E-state index in [0.717, 1.165) is 5.56 Å². The highest BCUT2D eigenvalue weighted by Crippen LogP contribution is 2.31. The molecule has 1 fully saturated rings. The summed E-state index contributed by atoms with van der Waals surface area (Å²) in [7, 11) is 0. The van der Waals surface area contributed by atoms with Gasteiger partial charge in [-0.1, -0.05) is 51.5 Å². The number of carbonyl (C=O) groups is 2. The minimum atomic E-state index is -0.377. The SMILES string of the molecule is Cc1ccc(C(C)NC(=O)C2C(C)C(C)CN2C(=O)C(C)C)c(C)c1. The normalized spacial score (nSPS) is 24.5. The van der Waals surface area contributed by atoms with Gasteiger partial charge in [0, 0.05) is 12.5 Å². The first-order valence-corrected chi connectivity index (χ1v) is 9.31. The summed E-state index contributed by atoms with van der Waals surface area (Å²) in [6.45, 7) is 14.8. The molecule has 4 heteroatoms. The van der Waals surface area contributed by atoms with Crippen LogP contribution in [-0.2, 0) is 9.59 Å². The van der Waals surface area contributed by atoms with Crippen LogP contribution in [0.15, 0.2) is 18.2 Å². The molecule has 1 N–H and O–H groups in total. The Morgan fingerprint density at radius 3 is 2.36 bits per heavy atom. The van der Waals surface area contributed by atoms with E-state index >= 15 is 0 Å². The maximum atomic E-state index is 13.0. The van der Waals surface area contributed by atoms with Crippen molar-refractivity contribution in [1.29, 1.82) is 0 Å². The Hall–Kier alpha value is -1.84. The third-order valence-electron chi connectivity index (χ3n) is 5.51. The summed E-state index contributed by atoms with van der Waals surface area (Å²) in [6.07, 6.45) is 0. The van der Waals surface area contributed by atoms with E-state index in [1.165, 1.54) is 11.1 Å². The van der Waals surface area contributed by atoms with E-state index < -0.39 is 0 Å². The van der Waals surface area contributed by atoms with Crippen LogP contribution in [0.5, 0.6) is 0 Å². The maximum absolute atomic E-state index is 13.0. The lowest BCUT2D eigenvalue weighted by atomic mass is 9.93. The van der Waals surface area contributed by atoms with Gasteiger partial charge in [-0.3, -0.25) is 9.59 Å². The number of amides is 2. The summed E-state index contributed by atoms with van der Waals surface area (Å²) in [5, 5.41) is 3.14. The van der Waals surface area contributed by atoms with Crippen LogP contribution in [0.1, 0.15) is 57.4 Å². The van der Waals surface area contributed by atoms with E-state index in [1.807, 2.05) is 20.8 Å². The largest absolute Gasteiger partial charge is 0.348 e. The lowest BCUT2D eigenvalue weighted by Gasteiger charge is -2.29. The summed E-state index contributed by atoms with van der Waals surface area (Å²) in [4.78, 5) is 27.3. The Kier molecular flexibility index (Phi) is 5.91. The monoisotopic (exact) mass is 344 g/mol. The van der Waals surface area contributed by atoms with Crippen molar-refractivity contribution in [3.63, 3.8) is 0 Å². The predicted octanol–water partition coefficient (Wildman–Crippen LogP) is 3.62. The van der Waals surface area contributed by atoms with Gasteiger partial charge in [-0.2, -0.15) is 0 Å². The topological polar surface area (TPSA) is 49.4 Å². The molecule has 0 saturated carbocycles. The average Bonchev–Trinajstić information content (AvgIpc) is 2.81. The molecule has 2 amide bonds. The molecule has 0 bridgehead atoms. The molecule has 1 aromatic rings. The van der Waals surface area contributed by atoms with Crippen molar-refractivity contribution < 1.29 is 9.59 Å². The molecular formula is C21H32N2O2. The second-order valence-electron chi connectivity index (χ2n) is 8.02. The smallest absolute Gasteiger partial charge is 0.243 e. The molecule has 4 unspecified atom stereocenters. The van der Waals surface area contributed by atoms with Crippen LogP contribution >= 0.6 is 0 Å². The van der Waals surface area contributed by atoms with Crippen LogP contribution in [0, 0.1) is 31.6 Å². The molecule has 0 aliphatic carbocycles. The van der Waals surface area contributed by atoms with Crippen LogP contribution in [0.25, 0.3) is 0 Å². The van der Waals surface area contributed by atoms with Gasteiger partial charge in [0.25, 0.3) is 0 Å². The van der Waals surface area contributed by atoms with Gasteiger partial charge < -0.3 is 10.2 Å². The number of nitrogens with zero attached hydrogens (tertiary/aromatic N) is 1. The van der Waals surface area contributed by atoms with E-state index in [1.54, 1.807) is 4.90 Å². The highest BCUT2D eigenvalue weighted by molar-refractivity contribution is 5.89. The third-order valence-corrected chi connectivity index (χ3v) is 5.51. The molecular weight excluding hydrogens is 312 g/mol. The van der Waals surface area contributed by atoms with Gasteiger partial charge in [0.05, 0.1) is 6.04 Å². The molecule has 0 aromatic heterocycles. The molecule has 1 aliphatic heterocycles. The highest BCUT2D eigenvalue weighted by Gasteiger charge is 2.44. The second kappa shape index (κ2) is 7.59. The number of hydrogen-bond donors (Lipinski definition) is 1. The molecule has 2 rings (SSSR count). The van der Waals surface area contributed by atoms with Crippen molar-refractivity contribution in [2.45, 2.75) is 60.5 Å². The van der Waals surface area contributed by atoms with Gasteiger partial charge >= 0.3 is 0 Å². The summed E-state index contributed by atoms with van der Waals surface area (Å²) in [5.41, 5.74) is 3.52. The van der Waals surface area contributed by atoms with Gasteiger partial charge in [0.2, 0.25) is 11.8 Å². The summed E-state index contributed by atoms with van der Waals surface area (Å²) >= 11 is 0. The second-order valence-corrected chi connectivity index (χ2v) is 8.02. The maximum Gasteiger partial charge on any atom is 0.243 e. The van der Waals surface area contributed by atoms with Crippen LogP contribution in [0.2, 0.25) is 0 Å². The first kappa shape index (κ1) is 19.5. The van der Waals surface area contributed by atoms with Crippen LogP contribution in [-0.4, -0.2) is 29.3 Å². The van der Waals surface area contributed by atoms with Crippen LogP contribution in [0.3, 0.4) is 0 Å². The van der Waals surface area contributed by atoms with E-state index in [4.69, 9.17) is 0 Å². The molecule has 1 aromatic carbocycles. The number of hydrogen-bond acceptors (Lipinski definition) is 2. The fourth-order valence-corrected chi connectivity index (χ4v) is 3.81. The van der Waals surface area contributed by atoms with Crippen molar-refractivity contribution in [1.82, 2.24) is 10.2 Å². The van der Waals surface area contributed by atoms with E-state index in [-0.39, 0.29) is 35.7 Å². The van der Waals surface area contributed by atoms with Crippen LogP contribution in [0.4, 0.5) is 0 Å². The molecule has 1 saturated heterocycles. The zero-order valence-corrected chi connectivity index (χ0v) is 16.6. The summed E-state index contributed by atoms with van der Waals surface area (Å²) < 4.78 is 0. The standard InChI is InChI=1S/C21H32N2O2/c1-12(2)21(25)23-11-15(5)16(6)19(23)20(24)22-17(7)18-9-8-13(3)10-14(18)4/h8-10,12,15-17,19H,11H2,1-7H3,(H,22,24). The summed E-state index contributed by atoms with van der Waals surface area (Å²) in [5.74, 6) is 0.419. The minimum Gasteiger partial charge on any atom is -0.348 e. The number of rotatable bonds is 4. The Balaban J connectivity index is 2.18. The first-order valence-electron chi connectivity index (χ1n) is 9.31. The number of nitrogens with one attached hydrogen (secondary N) is 1. The quantitative estimate of drug-likeness (QED) is 0.907. The Bertz CT molecular complexity index is 653. The average molecular weight is 344 g/mol. The van der Waals surface area contributed by atoms with Gasteiger partial charge in [-0.25, -0.2) is 0 Å². The van der Waals surface area contributed by atoms with Crippen molar-refractivity contribution in [2.75, 3.05) is 6.54 Å². The molecule has 0 radical (unpaired) electrons. The van der Waals surface area contributed by atoms with E-state index in [0.29, 0.717) is 12.5 Å². The van der Waals surface area contributed by atoms with Crippen molar-refractivity contribution >= 4 is 11.8 Å². The molecule has 4 atom stereocenters. The molecule has 25 heavy (non-hydrogen) atoms. The molecule has 4 nitrogen and oxygen atoms in total. The van der Waals surface area contributed by atoms with Crippen molar-refractivity contribution in [3.05, 3.63) is 34.9 Å². The van der Waals surface area contributed by atoms with Crippen molar-refractivity contribution in [3.8, 4) is 0 Å². The molecule has 138 valence electrons. The fraction of sp³-hybridized carbons (Fsp3) is 0.619. The molecule has 1 heterocycles. The van der Waals surface area contributed by atoms with Gasteiger partial charge in [0.15, 0.2) is 0 Å². The Morgan fingerprint density at radius 2 is 1.80 bits per heavy atom. The fourth-order valence-electron chi connectivity index (χ4n) is 3.81. The van der Waals surface area contributed by atoms with Crippen molar-refractivity contribution in [2.24, 2.45) is 17.8 Å². The summed E-state index contributed by atoms with van der Waals surface area (Å²) in [6, 6.07) is 5.82. The number of benzene rings is 1. The highest BCUT2D eigenvalue weighted by atomic mass is 16.2. The lowest BCUT2D eigenvalue weighted by molar-refractivity contribution is -0.141. The Labute approximate surface area is 152 Å². The third kappa shape index (κ3) is 4.05. The zero-order valence-electron chi connectivity index (χ0n) is 16.6. The number of likely N-dealkylation sites (tertiary alicyclic amines) is 1. The number of aryl methyl sites for hydroxylation is 2. The molecule has 1 aliphatic rings. The zero-order chi connectivity index (χ0) is 18.9. The predicted molar refractivity (Wildman–Crippen MR) is 101 cm³/mol. The van der Waals surface area contributed by atoms with E-state index in [9.17, 15) is 9.59 Å². The van der Waals surface area contributed by atoms with Gasteiger partial charge in [0.1, 0.15) is 6.04 Å². The molecule has 0 spiro atoms. The minimum absolute atomic E-state index is 0.0432. The van der Waals surface area contributed by atoms with Gasteiger partial charge in [-0.15, -0.1) is 0 Å².